The first-order chi connectivity index (χ1) is 10.9. The predicted molar refractivity (Wildman–Crippen MR) is 85.5 cm³/mol. The summed E-state index contributed by atoms with van der Waals surface area (Å²) in [6, 6.07) is 6.69. The van der Waals surface area contributed by atoms with Gasteiger partial charge in [-0.05, 0) is 38.5 Å². The number of nitrogens with zero attached hydrogens (tertiary/aromatic N) is 1. The van der Waals surface area contributed by atoms with E-state index in [4.69, 9.17) is 8.94 Å². The van der Waals surface area contributed by atoms with Crippen molar-refractivity contribution >= 4 is 22.6 Å². The van der Waals surface area contributed by atoms with Crippen molar-refractivity contribution in [2.45, 2.75) is 27.2 Å². The molecular weight excluding hydrogens is 296 g/mol. The molecule has 118 valence electrons. The largest absolute Gasteiger partial charge is 0.423 e. The Morgan fingerprint density at radius 2 is 2.00 bits per heavy atom. The Labute approximate surface area is 132 Å². The lowest BCUT2D eigenvalue weighted by Gasteiger charge is -2.07. The highest BCUT2D eigenvalue weighted by Crippen LogP contribution is 2.21. The van der Waals surface area contributed by atoms with E-state index in [1.807, 2.05) is 13.0 Å². The minimum absolute atomic E-state index is 0.178. The summed E-state index contributed by atoms with van der Waals surface area (Å²) in [4.78, 5) is 23.6. The van der Waals surface area contributed by atoms with E-state index < -0.39 is 5.63 Å². The number of hydrogen-bond acceptors (Lipinski definition) is 5. The van der Waals surface area contributed by atoms with Crippen molar-refractivity contribution in [3.63, 3.8) is 0 Å². The molecule has 1 N–H and O–H groups in total. The van der Waals surface area contributed by atoms with E-state index in [9.17, 15) is 9.59 Å². The molecule has 1 aromatic carbocycles. The number of fused-ring (bicyclic) bond motifs is 1. The molecule has 2 aromatic heterocycles. The van der Waals surface area contributed by atoms with E-state index in [2.05, 4.69) is 10.5 Å². The Bertz CT molecular complexity index is 933. The summed E-state index contributed by atoms with van der Waals surface area (Å²) in [5.74, 6) is 0.450. The van der Waals surface area contributed by atoms with Gasteiger partial charge < -0.3 is 14.3 Å². The Morgan fingerprint density at radius 3 is 2.70 bits per heavy atom. The molecule has 0 unspecified atom stereocenters. The topological polar surface area (TPSA) is 85.3 Å². The molecule has 0 atom stereocenters. The minimum atomic E-state index is -0.408. The molecule has 0 saturated carbocycles. The highest BCUT2D eigenvalue weighted by atomic mass is 16.5. The smallest absolute Gasteiger partial charge is 0.336 e. The second-order valence-electron chi connectivity index (χ2n) is 5.49. The molecule has 0 spiro atoms. The number of benzene rings is 1. The number of aryl methyl sites for hydroxylation is 3. The van der Waals surface area contributed by atoms with Crippen LogP contribution in [0.1, 0.15) is 22.6 Å². The summed E-state index contributed by atoms with van der Waals surface area (Å²) >= 11 is 0. The van der Waals surface area contributed by atoms with Gasteiger partial charge in [0.1, 0.15) is 11.3 Å². The molecular formula is C17H16N2O4. The lowest BCUT2D eigenvalue weighted by Crippen LogP contribution is -2.15. The fourth-order valence-corrected chi connectivity index (χ4v) is 2.52. The molecule has 0 fully saturated rings. The maximum absolute atomic E-state index is 12.2. The zero-order valence-electron chi connectivity index (χ0n) is 13.1. The molecule has 3 aromatic rings. The third-order valence-electron chi connectivity index (χ3n) is 3.75. The van der Waals surface area contributed by atoms with Gasteiger partial charge in [-0.3, -0.25) is 4.79 Å². The quantitative estimate of drug-likeness (QED) is 0.752. The van der Waals surface area contributed by atoms with Gasteiger partial charge in [-0.1, -0.05) is 5.16 Å². The Hall–Kier alpha value is -2.89. The van der Waals surface area contributed by atoms with E-state index in [1.54, 1.807) is 26.0 Å². The van der Waals surface area contributed by atoms with Crippen LogP contribution in [0.5, 0.6) is 0 Å². The molecule has 3 rings (SSSR count). The minimum Gasteiger partial charge on any atom is -0.423 e. The zero-order valence-corrected chi connectivity index (χ0v) is 13.1. The number of nitrogens with one attached hydrogen (secondary N) is 1. The highest BCUT2D eigenvalue weighted by molar-refractivity contribution is 5.94. The zero-order chi connectivity index (χ0) is 16.6. The third kappa shape index (κ3) is 3.01. The van der Waals surface area contributed by atoms with Gasteiger partial charge in [0.15, 0.2) is 0 Å². The number of carbonyl (C=O) groups excluding carboxylic acids is 1. The first-order valence-electron chi connectivity index (χ1n) is 7.20. The molecule has 0 bridgehead atoms. The molecule has 6 nitrogen and oxygen atoms in total. The van der Waals surface area contributed by atoms with Crippen molar-refractivity contribution in [1.29, 1.82) is 0 Å². The molecule has 0 saturated heterocycles. The highest BCUT2D eigenvalue weighted by Gasteiger charge is 2.14. The standard InChI is InChI=1S/C17H16N2O4/c1-9-6-17(21)22-15-7-12(4-5-13(9)15)18-16(20)8-14-10(2)19-23-11(14)3/h4-7H,8H2,1-3H3,(H,18,20). The van der Waals surface area contributed by atoms with Gasteiger partial charge in [-0.15, -0.1) is 0 Å². The summed E-state index contributed by atoms with van der Waals surface area (Å²) in [7, 11) is 0. The maximum atomic E-state index is 12.2. The van der Waals surface area contributed by atoms with Gasteiger partial charge >= 0.3 is 5.63 Å². The summed E-state index contributed by atoms with van der Waals surface area (Å²) in [5, 5.41) is 7.47. The number of rotatable bonds is 3. The van der Waals surface area contributed by atoms with Crippen molar-refractivity contribution in [3.8, 4) is 0 Å². The second kappa shape index (κ2) is 5.72. The van der Waals surface area contributed by atoms with Gasteiger partial charge in [0, 0.05) is 28.8 Å². The van der Waals surface area contributed by atoms with Crippen LogP contribution in [0.2, 0.25) is 0 Å². The van der Waals surface area contributed by atoms with Gasteiger partial charge in [-0.25, -0.2) is 4.79 Å². The molecule has 0 radical (unpaired) electrons. The van der Waals surface area contributed by atoms with Crippen LogP contribution in [0.15, 0.2) is 38.0 Å². The summed E-state index contributed by atoms with van der Waals surface area (Å²) in [6.07, 6.45) is 0.178. The fraction of sp³-hybridized carbons (Fsp3) is 0.235. The van der Waals surface area contributed by atoms with Gasteiger partial charge in [0.2, 0.25) is 5.91 Å². The van der Waals surface area contributed by atoms with Gasteiger partial charge in [0.25, 0.3) is 0 Å². The second-order valence-corrected chi connectivity index (χ2v) is 5.49. The Balaban J connectivity index is 1.84. The molecule has 6 heteroatoms. The van der Waals surface area contributed by atoms with Crippen LogP contribution in [0.3, 0.4) is 0 Å². The molecule has 2 heterocycles. The SMILES string of the molecule is Cc1noc(C)c1CC(=O)Nc1ccc2c(C)cc(=O)oc2c1. The van der Waals surface area contributed by atoms with E-state index in [-0.39, 0.29) is 12.3 Å². The van der Waals surface area contributed by atoms with E-state index in [0.29, 0.717) is 22.7 Å². The van der Waals surface area contributed by atoms with Crippen LogP contribution < -0.4 is 10.9 Å². The first kappa shape index (κ1) is 15.0. The van der Waals surface area contributed by atoms with Crippen LogP contribution in [-0.4, -0.2) is 11.1 Å². The van der Waals surface area contributed by atoms with Crippen LogP contribution in [0, 0.1) is 20.8 Å². The third-order valence-corrected chi connectivity index (χ3v) is 3.75. The molecule has 0 aliphatic rings. The average molecular weight is 312 g/mol. The number of carbonyl (C=O) groups is 1. The van der Waals surface area contributed by atoms with Crippen molar-refractivity contribution in [1.82, 2.24) is 5.16 Å². The van der Waals surface area contributed by atoms with Gasteiger partial charge in [0.05, 0.1) is 12.1 Å². The lowest BCUT2D eigenvalue weighted by atomic mass is 10.1. The molecule has 23 heavy (non-hydrogen) atoms. The monoisotopic (exact) mass is 312 g/mol. The van der Waals surface area contributed by atoms with E-state index in [0.717, 1.165) is 16.5 Å². The number of aromatic nitrogens is 1. The summed E-state index contributed by atoms with van der Waals surface area (Å²) in [6.45, 7) is 5.41. The van der Waals surface area contributed by atoms with E-state index >= 15 is 0 Å². The summed E-state index contributed by atoms with van der Waals surface area (Å²) < 4.78 is 10.2. The van der Waals surface area contributed by atoms with Crippen molar-refractivity contribution < 1.29 is 13.7 Å². The predicted octanol–water partition coefficient (Wildman–Crippen LogP) is 2.89. The lowest BCUT2D eigenvalue weighted by molar-refractivity contribution is -0.115. The van der Waals surface area contributed by atoms with Crippen molar-refractivity contribution in [3.05, 3.63) is 57.3 Å². The molecule has 1 amide bonds. The number of hydrogen-bond donors (Lipinski definition) is 1. The van der Waals surface area contributed by atoms with Crippen LogP contribution in [-0.2, 0) is 11.2 Å². The summed E-state index contributed by atoms with van der Waals surface area (Å²) in [5.41, 5.74) is 2.94. The Morgan fingerprint density at radius 1 is 1.22 bits per heavy atom. The van der Waals surface area contributed by atoms with Crippen molar-refractivity contribution in [2.24, 2.45) is 0 Å². The normalized spacial score (nSPS) is 10.9. The molecule has 0 aliphatic heterocycles. The maximum Gasteiger partial charge on any atom is 0.336 e. The van der Waals surface area contributed by atoms with Crippen LogP contribution in [0.25, 0.3) is 11.0 Å². The Kier molecular flexibility index (Phi) is 3.73. The van der Waals surface area contributed by atoms with Crippen molar-refractivity contribution in [2.75, 3.05) is 5.32 Å². The van der Waals surface area contributed by atoms with Gasteiger partial charge in [-0.2, -0.15) is 0 Å². The molecule has 0 aliphatic carbocycles. The average Bonchev–Trinajstić information content (AvgIpc) is 2.78. The first-order valence-corrected chi connectivity index (χ1v) is 7.20. The van der Waals surface area contributed by atoms with Crippen LogP contribution in [0.4, 0.5) is 5.69 Å². The number of amides is 1. The number of anilines is 1. The van der Waals surface area contributed by atoms with E-state index in [1.165, 1.54) is 6.07 Å². The fourth-order valence-electron chi connectivity index (χ4n) is 2.52. The van der Waals surface area contributed by atoms with Crippen LogP contribution >= 0.6 is 0 Å².